The Morgan fingerprint density at radius 1 is 1.11 bits per heavy atom. The number of carbonyl (C=O) groups excluding carboxylic acids is 1. The monoisotopic (exact) mass is 238 g/mol. The number of phenols is 1. The second-order valence-electron chi connectivity index (χ2n) is 4.04. The average molecular weight is 238 g/mol. The van der Waals surface area contributed by atoms with Crippen molar-refractivity contribution in [1.29, 1.82) is 0 Å². The van der Waals surface area contributed by atoms with Gasteiger partial charge < -0.3 is 10.1 Å². The summed E-state index contributed by atoms with van der Waals surface area (Å²) in [5.41, 5.74) is 1.29. The smallest absolute Gasteiger partial charge is 0.170 e. The number of hydrogen-bond acceptors (Lipinski definition) is 3. The molecular formula is C14H10N2O2. The van der Waals surface area contributed by atoms with Gasteiger partial charge in [0.15, 0.2) is 6.29 Å². The van der Waals surface area contributed by atoms with Gasteiger partial charge in [-0.05, 0) is 29.0 Å². The molecule has 1 heterocycles. The van der Waals surface area contributed by atoms with Gasteiger partial charge in [-0.3, -0.25) is 4.79 Å². The third kappa shape index (κ3) is 1.73. The van der Waals surface area contributed by atoms with E-state index < -0.39 is 0 Å². The van der Waals surface area contributed by atoms with E-state index in [4.69, 9.17) is 0 Å². The van der Waals surface area contributed by atoms with Crippen LogP contribution >= 0.6 is 0 Å². The summed E-state index contributed by atoms with van der Waals surface area (Å²) in [7, 11) is 0. The number of imidazole rings is 1. The van der Waals surface area contributed by atoms with Gasteiger partial charge in [0.1, 0.15) is 17.3 Å². The minimum absolute atomic E-state index is 0.247. The van der Waals surface area contributed by atoms with Crippen LogP contribution in [0.2, 0.25) is 0 Å². The summed E-state index contributed by atoms with van der Waals surface area (Å²) in [5, 5.41) is 11.4. The highest BCUT2D eigenvalue weighted by Crippen LogP contribution is 2.25. The summed E-state index contributed by atoms with van der Waals surface area (Å²) in [6.07, 6.45) is 2.28. The van der Waals surface area contributed by atoms with E-state index in [1.165, 1.54) is 0 Å². The number of aromatic nitrogens is 2. The highest BCUT2D eigenvalue weighted by atomic mass is 16.3. The van der Waals surface area contributed by atoms with E-state index in [0.717, 1.165) is 16.3 Å². The molecule has 0 fully saturated rings. The highest BCUT2D eigenvalue weighted by molar-refractivity contribution is 5.87. The topological polar surface area (TPSA) is 66.0 Å². The number of nitrogens with zero attached hydrogens (tertiary/aromatic N) is 1. The van der Waals surface area contributed by atoms with Gasteiger partial charge in [-0.15, -0.1) is 0 Å². The van der Waals surface area contributed by atoms with E-state index in [1.807, 2.05) is 24.3 Å². The van der Waals surface area contributed by atoms with Crippen LogP contribution in [-0.4, -0.2) is 21.4 Å². The zero-order valence-corrected chi connectivity index (χ0v) is 9.42. The van der Waals surface area contributed by atoms with E-state index >= 15 is 0 Å². The molecule has 0 saturated heterocycles. The third-order valence-corrected chi connectivity index (χ3v) is 2.82. The molecule has 0 aliphatic carbocycles. The predicted octanol–water partition coefficient (Wildman–Crippen LogP) is 2.75. The first-order valence-electron chi connectivity index (χ1n) is 5.50. The van der Waals surface area contributed by atoms with E-state index in [9.17, 15) is 9.90 Å². The number of carbonyl (C=O) groups is 1. The standard InChI is InChI=1S/C14H10N2O2/c17-8-12-7-15-14(16-12)11-2-1-10-6-13(18)4-3-9(10)5-11/h1-8,18H,(H,15,16). The zero-order chi connectivity index (χ0) is 12.5. The van der Waals surface area contributed by atoms with Gasteiger partial charge in [0.2, 0.25) is 0 Å². The number of rotatable bonds is 2. The molecule has 4 heteroatoms. The van der Waals surface area contributed by atoms with Crippen molar-refractivity contribution in [2.45, 2.75) is 0 Å². The van der Waals surface area contributed by atoms with Gasteiger partial charge in [-0.2, -0.15) is 0 Å². The van der Waals surface area contributed by atoms with Crippen LogP contribution in [0.15, 0.2) is 42.6 Å². The molecule has 2 N–H and O–H groups in total. The van der Waals surface area contributed by atoms with Gasteiger partial charge in [0, 0.05) is 11.8 Å². The summed E-state index contributed by atoms with van der Waals surface area (Å²) in [6.45, 7) is 0. The van der Waals surface area contributed by atoms with Crippen LogP contribution in [0.4, 0.5) is 0 Å². The maximum absolute atomic E-state index is 10.6. The fourth-order valence-electron chi connectivity index (χ4n) is 1.92. The van der Waals surface area contributed by atoms with Crippen LogP contribution in [0, 0.1) is 0 Å². The van der Waals surface area contributed by atoms with Crippen LogP contribution in [0.1, 0.15) is 10.5 Å². The lowest BCUT2D eigenvalue weighted by molar-refractivity contribution is 0.111. The molecule has 0 aliphatic rings. The molecule has 4 nitrogen and oxygen atoms in total. The van der Waals surface area contributed by atoms with Crippen molar-refractivity contribution in [3.63, 3.8) is 0 Å². The maximum Gasteiger partial charge on any atom is 0.170 e. The lowest BCUT2D eigenvalue weighted by Gasteiger charge is -2.01. The Morgan fingerprint density at radius 2 is 1.89 bits per heavy atom. The number of aromatic hydroxyl groups is 1. The molecule has 1 aromatic heterocycles. The Bertz CT molecular complexity index is 731. The molecule has 0 aliphatic heterocycles. The number of phenolic OH excluding ortho intramolecular Hbond substituents is 1. The average Bonchev–Trinajstić information content (AvgIpc) is 2.87. The molecule has 0 bridgehead atoms. The molecule has 0 unspecified atom stereocenters. The zero-order valence-electron chi connectivity index (χ0n) is 9.42. The summed E-state index contributed by atoms with van der Waals surface area (Å²) < 4.78 is 0. The quantitative estimate of drug-likeness (QED) is 0.674. The molecule has 0 radical (unpaired) electrons. The van der Waals surface area contributed by atoms with Gasteiger partial charge in [-0.25, -0.2) is 4.98 Å². The van der Waals surface area contributed by atoms with Crippen molar-refractivity contribution in [2.24, 2.45) is 0 Å². The van der Waals surface area contributed by atoms with Crippen LogP contribution in [0.25, 0.3) is 22.2 Å². The van der Waals surface area contributed by atoms with Crippen molar-refractivity contribution in [1.82, 2.24) is 9.97 Å². The summed E-state index contributed by atoms with van der Waals surface area (Å²) in [5.74, 6) is 0.906. The molecule has 88 valence electrons. The molecular weight excluding hydrogens is 228 g/mol. The van der Waals surface area contributed by atoms with E-state index in [0.29, 0.717) is 17.8 Å². The molecule has 3 rings (SSSR count). The Kier molecular flexibility index (Phi) is 2.34. The number of aromatic amines is 1. The molecule has 0 amide bonds. The lowest BCUT2D eigenvalue weighted by Crippen LogP contribution is -1.82. The van der Waals surface area contributed by atoms with Crippen LogP contribution in [-0.2, 0) is 0 Å². The van der Waals surface area contributed by atoms with Crippen LogP contribution < -0.4 is 0 Å². The van der Waals surface area contributed by atoms with Crippen molar-refractivity contribution < 1.29 is 9.90 Å². The summed E-state index contributed by atoms with van der Waals surface area (Å²) >= 11 is 0. The first-order valence-corrected chi connectivity index (χ1v) is 5.50. The first kappa shape index (κ1) is 10.5. The molecule has 0 atom stereocenters. The minimum Gasteiger partial charge on any atom is -0.508 e. The number of hydrogen-bond donors (Lipinski definition) is 2. The molecule has 3 aromatic rings. The van der Waals surface area contributed by atoms with Crippen molar-refractivity contribution >= 4 is 17.1 Å². The number of nitrogens with one attached hydrogen (secondary N) is 1. The molecule has 18 heavy (non-hydrogen) atoms. The number of aldehydes is 1. The third-order valence-electron chi connectivity index (χ3n) is 2.82. The Morgan fingerprint density at radius 3 is 2.67 bits per heavy atom. The van der Waals surface area contributed by atoms with E-state index in [2.05, 4.69) is 9.97 Å². The number of H-pyrrole nitrogens is 1. The van der Waals surface area contributed by atoms with Gasteiger partial charge in [0.05, 0.1) is 0 Å². The summed E-state index contributed by atoms with van der Waals surface area (Å²) in [4.78, 5) is 17.7. The number of benzene rings is 2. The van der Waals surface area contributed by atoms with Gasteiger partial charge >= 0.3 is 0 Å². The SMILES string of the molecule is O=Cc1c[nH]c(-c2ccc3cc(O)ccc3c2)n1. The Balaban J connectivity index is 2.12. The van der Waals surface area contributed by atoms with Crippen molar-refractivity contribution in [2.75, 3.05) is 0 Å². The lowest BCUT2D eigenvalue weighted by atomic mass is 10.1. The fourth-order valence-corrected chi connectivity index (χ4v) is 1.92. The molecule has 0 saturated carbocycles. The van der Waals surface area contributed by atoms with E-state index in [-0.39, 0.29) is 5.75 Å². The predicted molar refractivity (Wildman–Crippen MR) is 68.6 cm³/mol. The second kappa shape index (κ2) is 4.00. The van der Waals surface area contributed by atoms with E-state index in [1.54, 1.807) is 18.3 Å². The van der Waals surface area contributed by atoms with Crippen molar-refractivity contribution in [3.8, 4) is 17.1 Å². The highest BCUT2D eigenvalue weighted by Gasteiger charge is 2.04. The minimum atomic E-state index is 0.247. The van der Waals surface area contributed by atoms with Crippen molar-refractivity contribution in [3.05, 3.63) is 48.3 Å². The van der Waals surface area contributed by atoms with Gasteiger partial charge in [0.25, 0.3) is 0 Å². The largest absolute Gasteiger partial charge is 0.508 e. The summed E-state index contributed by atoms with van der Waals surface area (Å²) in [6, 6.07) is 11.0. The second-order valence-corrected chi connectivity index (χ2v) is 4.04. The Labute approximate surface area is 103 Å². The fraction of sp³-hybridized carbons (Fsp3) is 0. The number of fused-ring (bicyclic) bond motifs is 1. The van der Waals surface area contributed by atoms with Gasteiger partial charge in [-0.1, -0.05) is 18.2 Å². The molecule has 2 aromatic carbocycles. The Hall–Kier alpha value is -2.62. The maximum atomic E-state index is 10.6. The van der Waals surface area contributed by atoms with Crippen LogP contribution in [0.5, 0.6) is 5.75 Å². The normalized spacial score (nSPS) is 10.7. The van der Waals surface area contributed by atoms with Crippen LogP contribution in [0.3, 0.4) is 0 Å². The first-order chi connectivity index (χ1) is 8.76. The molecule has 0 spiro atoms.